The number of nitrogens with zero attached hydrogens (tertiary/aromatic N) is 2. The third-order valence-electron chi connectivity index (χ3n) is 5.25. The van der Waals surface area contributed by atoms with E-state index in [9.17, 15) is 9.18 Å². The van der Waals surface area contributed by atoms with Crippen molar-refractivity contribution in [3.8, 4) is 5.75 Å². The molecule has 2 aromatic carbocycles. The van der Waals surface area contributed by atoms with Gasteiger partial charge in [-0.1, -0.05) is 12.1 Å². The molecule has 0 aromatic heterocycles. The third-order valence-corrected chi connectivity index (χ3v) is 5.25. The number of carbonyl (C=O) groups is 1. The summed E-state index contributed by atoms with van der Waals surface area (Å²) < 4.78 is 18.4. The fourth-order valence-electron chi connectivity index (χ4n) is 3.37. The highest BCUT2D eigenvalue weighted by atomic mass is 19.1. The summed E-state index contributed by atoms with van der Waals surface area (Å²) >= 11 is 0. The fraction of sp³-hybridized carbons (Fsp3) is 0.458. The molecule has 0 radical (unpaired) electrons. The van der Waals surface area contributed by atoms with Crippen LogP contribution in [0.2, 0.25) is 0 Å². The Morgan fingerprint density at radius 2 is 1.59 bits per heavy atom. The van der Waals surface area contributed by atoms with Gasteiger partial charge in [0.15, 0.2) is 0 Å². The summed E-state index contributed by atoms with van der Waals surface area (Å²) in [6.07, 6.45) is 2.06. The lowest BCUT2D eigenvalue weighted by molar-refractivity contribution is -0.142. The van der Waals surface area contributed by atoms with Crippen molar-refractivity contribution in [1.82, 2.24) is 4.90 Å². The maximum absolute atomic E-state index is 13.0. The molecule has 4 nitrogen and oxygen atoms in total. The van der Waals surface area contributed by atoms with Gasteiger partial charge in [-0.15, -0.1) is 0 Å². The second-order valence-corrected chi connectivity index (χ2v) is 8.69. The number of piperazine rings is 1. The first-order valence-electron chi connectivity index (χ1n) is 10.4. The maximum Gasteiger partial charge on any atom is 0.316 e. The maximum atomic E-state index is 13.0. The van der Waals surface area contributed by atoms with Crippen molar-refractivity contribution in [3.63, 3.8) is 0 Å². The zero-order valence-electron chi connectivity index (χ0n) is 17.7. The van der Waals surface area contributed by atoms with Crippen LogP contribution in [0.3, 0.4) is 0 Å². The van der Waals surface area contributed by atoms with Crippen LogP contribution in [0.1, 0.15) is 32.8 Å². The number of hydrogen-bond acceptors (Lipinski definition) is 4. The molecule has 29 heavy (non-hydrogen) atoms. The fourth-order valence-corrected chi connectivity index (χ4v) is 3.37. The van der Waals surface area contributed by atoms with Crippen molar-refractivity contribution >= 4 is 11.7 Å². The summed E-state index contributed by atoms with van der Waals surface area (Å²) in [6.45, 7) is 10.6. The molecule has 0 aliphatic carbocycles. The minimum atomic E-state index is -0.508. The zero-order valence-corrected chi connectivity index (χ0v) is 17.7. The van der Waals surface area contributed by atoms with Crippen molar-refractivity contribution in [1.29, 1.82) is 0 Å². The van der Waals surface area contributed by atoms with Gasteiger partial charge in [0.25, 0.3) is 0 Å². The Morgan fingerprint density at radius 3 is 2.17 bits per heavy atom. The van der Waals surface area contributed by atoms with Crippen molar-refractivity contribution in [2.75, 3.05) is 37.6 Å². The van der Waals surface area contributed by atoms with Crippen molar-refractivity contribution in [3.05, 3.63) is 59.9 Å². The topological polar surface area (TPSA) is 32.8 Å². The lowest BCUT2D eigenvalue weighted by Gasteiger charge is -2.36. The average molecular weight is 399 g/mol. The third kappa shape index (κ3) is 6.29. The highest BCUT2D eigenvalue weighted by molar-refractivity contribution is 5.78. The van der Waals surface area contributed by atoms with E-state index in [2.05, 4.69) is 9.80 Å². The molecule has 1 fully saturated rings. The lowest BCUT2D eigenvalue weighted by Crippen LogP contribution is -2.46. The van der Waals surface area contributed by atoms with Crippen LogP contribution in [-0.4, -0.2) is 43.6 Å². The molecule has 1 saturated heterocycles. The van der Waals surface area contributed by atoms with E-state index in [4.69, 9.17) is 4.74 Å². The van der Waals surface area contributed by atoms with E-state index in [1.165, 1.54) is 17.7 Å². The molecule has 0 bridgehead atoms. The normalized spacial score (nSPS) is 15.4. The predicted molar refractivity (Wildman–Crippen MR) is 115 cm³/mol. The summed E-state index contributed by atoms with van der Waals surface area (Å²) in [5.74, 6) is 0.192. The second-order valence-electron chi connectivity index (χ2n) is 8.69. The van der Waals surface area contributed by atoms with E-state index >= 15 is 0 Å². The van der Waals surface area contributed by atoms with Crippen molar-refractivity contribution in [2.24, 2.45) is 5.41 Å². The van der Waals surface area contributed by atoms with Gasteiger partial charge in [-0.05, 0) is 82.1 Å². The van der Waals surface area contributed by atoms with Crippen LogP contribution in [-0.2, 0) is 11.2 Å². The van der Waals surface area contributed by atoms with Gasteiger partial charge in [-0.3, -0.25) is 9.69 Å². The number of esters is 1. The smallest absolute Gasteiger partial charge is 0.316 e. The molecule has 0 atom stereocenters. The van der Waals surface area contributed by atoms with Gasteiger partial charge in [0.1, 0.15) is 11.6 Å². The standard InChI is InChI=1S/C24H31FN2O2/c1-24(2,3)23(28)29-22-12-10-21(11-13-22)27-17-15-26(16-18-27)14-4-5-19-6-8-20(25)9-7-19/h6-13H,4-5,14-18H2,1-3H3. The average Bonchev–Trinajstić information content (AvgIpc) is 2.70. The Kier molecular flexibility index (Phi) is 6.91. The SMILES string of the molecule is CC(C)(C)C(=O)Oc1ccc(N2CCN(CCCc3ccc(F)cc3)CC2)cc1. The molecule has 0 amide bonds. The van der Waals surface area contributed by atoms with E-state index in [-0.39, 0.29) is 11.8 Å². The number of rotatable bonds is 6. The summed E-state index contributed by atoms with van der Waals surface area (Å²) in [5, 5.41) is 0. The van der Waals surface area contributed by atoms with E-state index in [1.54, 1.807) is 0 Å². The quantitative estimate of drug-likeness (QED) is 0.529. The number of hydrogen-bond donors (Lipinski definition) is 0. The van der Waals surface area contributed by atoms with E-state index in [0.29, 0.717) is 5.75 Å². The zero-order chi connectivity index (χ0) is 20.9. The highest BCUT2D eigenvalue weighted by Crippen LogP contribution is 2.23. The monoisotopic (exact) mass is 398 g/mol. The van der Waals surface area contributed by atoms with Crippen LogP contribution in [0.5, 0.6) is 5.75 Å². The Morgan fingerprint density at radius 1 is 0.966 bits per heavy atom. The van der Waals surface area contributed by atoms with Gasteiger partial charge >= 0.3 is 5.97 Å². The van der Waals surface area contributed by atoms with Crippen molar-refractivity contribution in [2.45, 2.75) is 33.6 Å². The molecule has 156 valence electrons. The second kappa shape index (κ2) is 9.40. The molecule has 3 rings (SSSR count). The van der Waals surface area contributed by atoms with Gasteiger partial charge < -0.3 is 9.64 Å². The van der Waals surface area contributed by atoms with Crippen LogP contribution in [0.4, 0.5) is 10.1 Å². The largest absolute Gasteiger partial charge is 0.426 e. The molecule has 1 aliphatic rings. The molecule has 0 unspecified atom stereocenters. The van der Waals surface area contributed by atoms with E-state index < -0.39 is 5.41 Å². The van der Waals surface area contributed by atoms with Crippen LogP contribution in [0.25, 0.3) is 0 Å². The molecule has 1 aliphatic heterocycles. The molecule has 2 aromatic rings. The molecular weight excluding hydrogens is 367 g/mol. The van der Waals surface area contributed by atoms with Gasteiger partial charge in [-0.25, -0.2) is 4.39 Å². The molecule has 0 saturated carbocycles. The number of aryl methyl sites for hydroxylation is 1. The predicted octanol–water partition coefficient (Wildman–Crippen LogP) is 4.53. The summed E-state index contributed by atoms with van der Waals surface area (Å²) in [5.41, 5.74) is 1.84. The van der Waals surface area contributed by atoms with Gasteiger partial charge in [0.2, 0.25) is 0 Å². The number of carbonyl (C=O) groups excluding carboxylic acids is 1. The number of anilines is 1. The minimum Gasteiger partial charge on any atom is -0.426 e. The first-order chi connectivity index (χ1) is 13.8. The Balaban J connectivity index is 1.42. The number of halogens is 1. The number of ether oxygens (including phenoxy) is 1. The van der Waals surface area contributed by atoms with Crippen LogP contribution in [0.15, 0.2) is 48.5 Å². The van der Waals surface area contributed by atoms with Crippen LogP contribution >= 0.6 is 0 Å². The molecule has 5 heteroatoms. The van der Waals surface area contributed by atoms with Crippen LogP contribution in [0, 0.1) is 11.2 Å². The first kappa shape index (κ1) is 21.3. The van der Waals surface area contributed by atoms with Gasteiger partial charge in [-0.2, -0.15) is 0 Å². The number of benzene rings is 2. The highest BCUT2D eigenvalue weighted by Gasteiger charge is 2.24. The van der Waals surface area contributed by atoms with E-state index in [0.717, 1.165) is 51.3 Å². The van der Waals surface area contributed by atoms with Gasteiger partial charge in [0.05, 0.1) is 5.41 Å². The lowest BCUT2D eigenvalue weighted by atomic mass is 9.97. The van der Waals surface area contributed by atoms with Crippen LogP contribution < -0.4 is 9.64 Å². The molecule has 1 heterocycles. The minimum absolute atomic E-state index is 0.176. The summed E-state index contributed by atoms with van der Waals surface area (Å²) in [4.78, 5) is 16.8. The summed E-state index contributed by atoms with van der Waals surface area (Å²) in [7, 11) is 0. The molecule has 0 N–H and O–H groups in total. The van der Waals surface area contributed by atoms with Gasteiger partial charge in [0, 0.05) is 31.9 Å². The van der Waals surface area contributed by atoms with Crippen molar-refractivity contribution < 1.29 is 13.9 Å². The molecule has 0 spiro atoms. The Bertz CT molecular complexity index is 789. The van der Waals surface area contributed by atoms with E-state index in [1.807, 2.05) is 57.2 Å². The summed E-state index contributed by atoms with van der Waals surface area (Å²) in [6, 6.07) is 14.6. The first-order valence-corrected chi connectivity index (χ1v) is 10.4. The Labute approximate surface area is 173 Å². The Hall–Kier alpha value is -2.40. The molecular formula is C24H31FN2O2.